The van der Waals surface area contributed by atoms with Gasteiger partial charge in [0.15, 0.2) is 11.6 Å². The van der Waals surface area contributed by atoms with Gasteiger partial charge in [0.2, 0.25) is 0 Å². The summed E-state index contributed by atoms with van der Waals surface area (Å²) in [6.45, 7) is 1.86. The molecule has 2 aromatic rings. The molecule has 1 N–H and O–H groups in total. The molecule has 0 spiro atoms. The largest absolute Gasteiger partial charge is 0.453 e. The van der Waals surface area contributed by atoms with Crippen LogP contribution in [-0.2, 0) is 0 Å². The highest BCUT2D eigenvalue weighted by atomic mass is 35.5. The predicted molar refractivity (Wildman–Crippen MR) is 71.0 cm³/mol. The lowest BCUT2D eigenvalue weighted by atomic mass is 10.2. The third kappa shape index (κ3) is 3.22. The predicted octanol–water partition coefficient (Wildman–Crippen LogP) is 4.11. The maximum atomic E-state index is 13.6. The number of hydrogen-bond acceptors (Lipinski definition) is 3. The minimum absolute atomic E-state index is 0.00323. The molecule has 100 valence electrons. The normalized spacial score (nSPS) is 12.2. The highest BCUT2D eigenvalue weighted by Gasteiger charge is 2.10. The molecular formula is C14H13ClFNO2. The maximum absolute atomic E-state index is 13.6. The first-order chi connectivity index (χ1) is 9.11. The summed E-state index contributed by atoms with van der Waals surface area (Å²) in [4.78, 5) is 4.07. The van der Waals surface area contributed by atoms with Gasteiger partial charge in [-0.25, -0.2) is 4.39 Å². The molecule has 0 amide bonds. The molecule has 5 heteroatoms. The first-order valence-corrected chi connectivity index (χ1v) is 6.25. The second-order valence-electron chi connectivity index (χ2n) is 4.00. The monoisotopic (exact) mass is 281 g/mol. The lowest BCUT2D eigenvalue weighted by Gasteiger charge is -2.09. The summed E-state index contributed by atoms with van der Waals surface area (Å²) in [5.74, 6) is -0.187. The number of ether oxygens (including phenoxy) is 1. The average molecular weight is 282 g/mol. The standard InChI is InChI=1S/C14H13ClFNO2/c1-2-12(18)11-7-6-9(8-17-11)19-13-5-3-4-10(15)14(13)16/h3-8,12,18H,2H2,1H3/t12-/m0/s1. The molecule has 3 nitrogen and oxygen atoms in total. The van der Waals surface area contributed by atoms with Crippen molar-refractivity contribution in [1.29, 1.82) is 0 Å². The van der Waals surface area contributed by atoms with Gasteiger partial charge in [-0.1, -0.05) is 24.6 Å². The van der Waals surface area contributed by atoms with Crippen LogP contribution in [0.1, 0.15) is 25.1 Å². The number of nitrogens with zero attached hydrogens (tertiary/aromatic N) is 1. The highest BCUT2D eigenvalue weighted by Crippen LogP contribution is 2.28. The summed E-state index contributed by atoms with van der Waals surface area (Å²) in [6.07, 6.45) is 1.42. The molecule has 0 saturated carbocycles. The van der Waals surface area contributed by atoms with Crippen molar-refractivity contribution >= 4 is 11.6 Å². The van der Waals surface area contributed by atoms with E-state index in [2.05, 4.69) is 4.98 Å². The van der Waals surface area contributed by atoms with Crippen molar-refractivity contribution in [2.75, 3.05) is 0 Å². The number of rotatable bonds is 4. The highest BCUT2D eigenvalue weighted by molar-refractivity contribution is 6.30. The molecule has 19 heavy (non-hydrogen) atoms. The zero-order valence-corrected chi connectivity index (χ0v) is 11.1. The molecule has 1 heterocycles. The summed E-state index contributed by atoms with van der Waals surface area (Å²) < 4.78 is 19.0. The number of aliphatic hydroxyl groups excluding tert-OH is 1. The van der Waals surface area contributed by atoms with Gasteiger partial charge in [-0.05, 0) is 30.7 Å². The number of aromatic nitrogens is 1. The van der Waals surface area contributed by atoms with E-state index in [4.69, 9.17) is 16.3 Å². The number of hydrogen-bond donors (Lipinski definition) is 1. The van der Waals surface area contributed by atoms with E-state index in [1.54, 1.807) is 18.2 Å². The van der Waals surface area contributed by atoms with E-state index in [1.807, 2.05) is 6.92 Å². The van der Waals surface area contributed by atoms with Crippen LogP contribution in [0.2, 0.25) is 5.02 Å². The summed E-state index contributed by atoms with van der Waals surface area (Å²) in [7, 11) is 0. The SMILES string of the molecule is CC[C@H](O)c1ccc(Oc2cccc(Cl)c2F)cn1. The molecule has 0 aliphatic rings. The Morgan fingerprint density at radius 2 is 2.16 bits per heavy atom. The Labute approximate surface area is 115 Å². The van der Waals surface area contributed by atoms with Crippen LogP contribution in [0, 0.1) is 5.82 Å². The smallest absolute Gasteiger partial charge is 0.184 e. The van der Waals surface area contributed by atoms with E-state index in [0.29, 0.717) is 17.9 Å². The van der Waals surface area contributed by atoms with Crippen molar-refractivity contribution in [2.24, 2.45) is 0 Å². The zero-order valence-electron chi connectivity index (χ0n) is 10.3. The zero-order chi connectivity index (χ0) is 13.8. The van der Waals surface area contributed by atoms with Crippen LogP contribution in [0.15, 0.2) is 36.5 Å². The van der Waals surface area contributed by atoms with Crippen molar-refractivity contribution in [1.82, 2.24) is 4.98 Å². The Morgan fingerprint density at radius 1 is 1.37 bits per heavy atom. The second-order valence-corrected chi connectivity index (χ2v) is 4.40. The van der Waals surface area contributed by atoms with Gasteiger partial charge in [-0.3, -0.25) is 4.98 Å². The quantitative estimate of drug-likeness (QED) is 0.917. The minimum atomic E-state index is -0.609. The summed E-state index contributed by atoms with van der Waals surface area (Å²) in [6, 6.07) is 7.80. The van der Waals surface area contributed by atoms with Crippen molar-refractivity contribution in [2.45, 2.75) is 19.4 Å². The van der Waals surface area contributed by atoms with Crippen LogP contribution in [0.3, 0.4) is 0 Å². The number of benzene rings is 1. The molecule has 0 aliphatic heterocycles. The Balaban J connectivity index is 2.18. The summed E-state index contributed by atoms with van der Waals surface area (Å²) in [5, 5.41) is 9.61. The fraction of sp³-hybridized carbons (Fsp3) is 0.214. The fourth-order valence-electron chi connectivity index (χ4n) is 1.55. The molecule has 1 aromatic carbocycles. The van der Waals surface area contributed by atoms with Crippen LogP contribution in [-0.4, -0.2) is 10.1 Å². The lowest BCUT2D eigenvalue weighted by Crippen LogP contribution is -1.98. The van der Waals surface area contributed by atoms with Gasteiger partial charge >= 0.3 is 0 Å². The van der Waals surface area contributed by atoms with Gasteiger partial charge in [-0.2, -0.15) is 0 Å². The Morgan fingerprint density at radius 3 is 2.79 bits per heavy atom. The summed E-state index contributed by atoms with van der Waals surface area (Å²) >= 11 is 5.66. The van der Waals surface area contributed by atoms with Crippen LogP contribution in [0.5, 0.6) is 11.5 Å². The second kappa shape index (κ2) is 5.99. The third-order valence-corrected chi connectivity index (χ3v) is 2.92. The van der Waals surface area contributed by atoms with Gasteiger partial charge in [0.1, 0.15) is 5.75 Å². The maximum Gasteiger partial charge on any atom is 0.184 e. The van der Waals surface area contributed by atoms with Gasteiger partial charge < -0.3 is 9.84 Å². The average Bonchev–Trinajstić information content (AvgIpc) is 2.44. The topological polar surface area (TPSA) is 42.4 Å². The molecule has 1 aromatic heterocycles. The van der Waals surface area contributed by atoms with Gasteiger partial charge in [-0.15, -0.1) is 0 Å². The van der Waals surface area contributed by atoms with E-state index in [1.165, 1.54) is 18.3 Å². The van der Waals surface area contributed by atoms with Gasteiger partial charge in [0.05, 0.1) is 23.0 Å². The number of pyridine rings is 1. The minimum Gasteiger partial charge on any atom is -0.453 e. The molecule has 0 unspecified atom stereocenters. The first-order valence-electron chi connectivity index (χ1n) is 5.87. The number of halogens is 2. The van der Waals surface area contributed by atoms with Crippen molar-refractivity contribution in [3.8, 4) is 11.5 Å². The van der Waals surface area contributed by atoms with E-state index in [-0.39, 0.29) is 10.8 Å². The van der Waals surface area contributed by atoms with Crippen molar-refractivity contribution in [3.63, 3.8) is 0 Å². The van der Waals surface area contributed by atoms with Crippen LogP contribution in [0.4, 0.5) is 4.39 Å². The molecule has 2 rings (SSSR count). The Hall–Kier alpha value is -1.65. The molecular weight excluding hydrogens is 269 g/mol. The van der Waals surface area contributed by atoms with E-state index >= 15 is 0 Å². The Bertz CT molecular complexity index is 560. The van der Waals surface area contributed by atoms with Crippen LogP contribution >= 0.6 is 11.6 Å². The molecule has 1 atom stereocenters. The molecule has 0 aliphatic carbocycles. The first kappa shape index (κ1) is 13.8. The molecule has 0 bridgehead atoms. The molecule has 0 saturated heterocycles. The lowest BCUT2D eigenvalue weighted by molar-refractivity contribution is 0.169. The Kier molecular flexibility index (Phi) is 4.35. The van der Waals surface area contributed by atoms with E-state index in [9.17, 15) is 9.50 Å². The van der Waals surface area contributed by atoms with Gasteiger partial charge in [0.25, 0.3) is 0 Å². The molecule has 0 fully saturated rings. The van der Waals surface area contributed by atoms with E-state index in [0.717, 1.165) is 0 Å². The van der Waals surface area contributed by atoms with Crippen molar-refractivity contribution in [3.05, 3.63) is 53.1 Å². The number of aliphatic hydroxyl groups is 1. The van der Waals surface area contributed by atoms with Crippen LogP contribution < -0.4 is 4.74 Å². The third-order valence-electron chi connectivity index (χ3n) is 2.63. The summed E-state index contributed by atoms with van der Waals surface area (Å²) in [5.41, 5.74) is 0.557. The van der Waals surface area contributed by atoms with Crippen molar-refractivity contribution < 1.29 is 14.2 Å². The van der Waals surface area contributed by atoms with E-state index < -0.39 is 11.9 Å². The molecule has 0 radical (unpaired) electrons. The fourth-order valence-corrected chi connectivity index (χ4v) is 1.71. The van der Waals surface area contributed by atoms with Gasteiger partial charge in [0, 0.05) is 0 Å². The van der Waals surface area contributed by atoms with Crippen LogP contribution in [0.25, 0.3) is 0 Å².